The Balaban J connectivity index is 1.85. The minimum atomic E-state index is -1.88. The van der Waals surface area contributed by atoms with Crippen LogP contribution in [0.4, 0.5) is 0 Å². The average Bonchev–Trinajstić information content (AvgIpc) is 3.14. The molecule has 2 nitrogen and oxygen atoms in total. The lowest BCUT2D eigenvalue weighted by atomic mass is 10.2. The topological polar surface area (TPSA) is 12.5 Å². The van der Waals surface area contributed by atoms with Crippen LogP contribution in [0.1, 0.15) is 32.6 Å². The van der Waals surface area contributed by atoms with Crippen LogP contribution >= 0.6 is 24.0 Å². The maximum Gasteiger partial charge on any atom is 0.218 e. The van der Waals surface area contributed by atoms with E-state index in [4.69, 9.17) is 16.6 Å². The second-order valence-electron chi connectivity index (χ2n) is 7.02. The molecule has 1 saturated heterocycles. The summed E-state index contributed by atoms with van der Waals surface area (Å²) in [5.74, 6) is 0.937. The predicted octanol–water partition coefficient (Wildman–Crippen LogP) is 4.95. The lowest BCUT2D eigenvalue weighted by Crippen LogP contribution is -2.47. The molecule has 1 aliphatic rings. The van der Waals surface area contributed by atoms with Crippen molar-refractivity contribution in [2.24, 2.45) is 0 Å². The van der Waals surface area contributed by atoms with Crippen LogP contribution < -0.4 is 5.19 Å². The van der Waals surface area contributed by atoms with E-state index in [9.17, 15) is 0 Å². The highest BCUT2D eigenvalue weighted by molar-refractivity contribution is 8.23. The van der Waals surface area contributed by atoms with Crippen LogP contribution in [0.2, 0.25) is 13.1 Å². The Morgan fingerprint density at radius 2 is 1.96 bits per heavy atom. The molecule has 1 aromatic carbocycles. The molecule has 25 heavy (non-hydrogen) atoms. The molecule has 1 atom stereocenters. The van der Waals surface area contributed by atoms with E-state index < -0.39 is 8.32 Å². The van der Waals surface area contributed by atoms with Crippen molar-refractivity contribution >= 4 is 41.8 Å². The van der Waals surface area contributed by atoms with Crippen LogP contribution in [0.5, 0.6) is 0 Å². The molecule has 0 aromatic heterocycles. The van der Waals surface area contributed by atoms with Crippen LogP contribution in [-0.2, 0) is 4.43 Å². The largest absolute Gasteiger partial charge is 0.407 e. The molecule has 1 fully saturated rings. The molecule has 1 unspecified atom stereocenters. The van der Waals surface area contributed by atoms with Crippen molar-refractivity contribution in [3.63, 3.8) is 0 Å². The third kappa shape index (κ3) is 6.89. The van der Waals surface area contributed by atoms with Crippen LogP contribution in [0, 0.1) is 0 Å². The van der Waals surface area contributed by atoms with Gasteiger partial charge in [-0.15, -0.1) is 0 Å². The molecular formula is C20H31NOS2Si. The maximum absolute atomic E-state index is 6.57. The molecule has 0 radical (unpaired) electrons. The van der Waals surface area contributed by atoms with Gasteiger partial charge < -0.3 is 9.33 Å². The predicted molar refractivity (Wildman–Crippen MR) is 118 cm³/mol. The molecule has 0 N–H and O–H groups in total. The summed E-state index contributed by atoms with van der Waals surface area (Å²) in [5.41, 5.74) is 0. The first-order valence-electron chi connectivity index (χ1n) is 9.34. The maximum atomic E-state index is 6.57. The van der Waals surface area contributed by atoms with Gasteiger partial charge in [-0.1, -0.05) is 79.8 Å². The van der Waals surface area contributed by atoms with Crippen molar-refractivity contribution in [2.45, 2.75) is 51.8 Å². The summed E-state index contributed by atoms with van der Waals surface area (Å²) in [4.78, 5) is 2.33. The third-order valence-electron chi connectivity index (χ3n) is 4.51. The summed E-state index contributed by atoms with van der Waals surface area (Å²) in [5, 5.41) is 1.36. The van der Waals surface area contributed by atoms with Gasteiger partial charge in [0.1, 0.15) is 4.32 Å². The van der Waals surface area contributed by atoms with Gasteiger partial charge in [-0.25, -0.2) is 0 Å². The summed E-state index contributed by atoms with van der Waals surface area (Å²) in [6.07, 6.45) is 9.45. The Hall–Kier alpha value is -0.623. The van der Waals surface area contributed by atoms with Crippen LogP contribution in [0.25, 0.3) is 0 Å². The molecule has 0 spiro atoms. The first kappa shape index (κ1) is 20.7. The van der Waals surface area contributed by atoms with E-state index in [-0.39, 0.29) is 6.10 Å². The minimum absolute atomic E-state index is 0.202. The van der Waals surface area contributed by atoms with Crippen LogP contribution in [0.3, 0.4) is 0 Å². The van der Waals surface area contributed by atoms with E-state index >= 15 is 0 Å². The zero-order valence-electron chi connectivity index (χ0n) is 15.7. The summed E-state index contributed by atoms with van der Waals surface area (Å²) in [6, 6.07) is 10.7. The smallest absolute Gasteiger partial charge is 0.218 e. The molecule has 0 aliphatic carbocycles. The second kappa shape index (κ2) is 10.5. The van der Waals surface area contributed by atoms with Crippen molar-refractivity contribution in [3.05, 3.63) is 42.5 Å². The fraction of sp³-hybridized carbons (Fsp3) is 0.550. The number of thioether (sulfide) groups is 1. The van der Waals surface area contributed by atoms with Crippen molar-refractivity contribution in [3.8, 4) is 0 Å². The summed E-state index contributed by atoms with van der Waals surface area (Å²) in [6.45, 7) is 9.06. The average molecular weight is 394 g/mol. The van der Waals surface area contributed by atoms with E-state index in [1.807, 2.05) is 0 Å². The molecule has 1 aliphatic heterocycles. The van der Waals surface area contributed by atoms with Gasteiger partial charge in [0.05, 0.1) is 6.10 Å². The fourth-order valence-electron chi connectivity index (χ4n) is 3.08. The lowest BCUT2D eigenvalue weighted by molar-refractivity contribution is 0.233. The molecule has 1 heterocycles. The molecule has 1 aromatic rings. The van der Waals surface area contributed by atoms with E-state index in [0.717, 1.165) is 36.0 Å². The van der Waals surface area contributed by atoms with Crippen molar-refractivity contribution in [1.82, 2.24) is 4.90 Å². The van der Waals surface area contributed by atoms with Crippen LogP contribution in [0.15, 0.2) is 42.5 Å². The van der Waals surface area contributed by atoms with E-state index in [0.29, 0.717) is 0 Å². The molecule has 2 rings (SSSR count). The summed E-state index contributed by atoms with van der Waals surface area (Å²) in [7, 11) is -1.88. The van der Waals surface area contributed by atoms with Gasteiger partial charge in [-0.2, -0.15) is 0 Å². The standard InChI is InChI=1S/C20H31NOS2Si/c1-4-11-18(22-25(2,3)19-13-6-5-7-14-19)12-10-17-24-20(23)21-15-8-9-16-21/h5-7,10,12-14,18H,4,8-9,11,15-17H2,1-3H3/b12-10+. The SMILES string of the molecule is CCCC(/C=C/CSC(=S)N1CCCC1)O[Si](C)(C)c1ccccc1. The molecular weight excluding hydrogens is 362 g/mol. The number of hydrogen-bond acceptors (Lipinski definition) is 3. The highest BCUT2D eigenvalue weighted by atomic mass is 32.2. The number of thiocarbonyl (C=S) groups is 1. The molecule has 0 bridgehead atoms. The van der Waals surface area contributed by atoms with Crippen LogP contribution in [-0.4, -0.2) is 42.5 Å². The number of rotatable bonds is 8. The first-order valence-corrected chi connectivity index (χ1v) is 13.6. The Bertz CT molecular complexity index is 556. The monoisotopic (exact) mass is 393 g/mol. The second-order valence-corrected chi connectivity index (χ2v) is 12.5. The van der Waals surface area contributed by atoms with Gasteiger partial charge >= 0.3 is 0 Å². The molecule has 0 amide bonds. The summed E-state index contributed by atoms with van der Waals surface area (Å²) < 4.78 is 7.62. The van der Waals surface area contributed by atoms with Gasteiger partial charge in [0.2, 0.25) is 8.32 Å². The van der Waals surface area contributed by atoms with Gasteiger partial charge in [-0.05, 0) is 37.5 Å². The van der Waals surface area contributed by atoms with Crippen molar-refractivity contribution in [1.29, 1.82) is 0 Å². The van der Waals surface area contributed by atoms with E-state index in [1.54, 1.807) is 11.8 Å². The highest BCUT2D eigenvalue weighted by Gasteiger charge is 2.27. The minimum Gasteiger partial charge on any atom is -0.407 e. The van der Waals surface area contributed by atoms with Gasteiger partial charge in [0.25, 0.3) is 0 Å². The van der Waals surface area contributed by atoms with E-state index in [1.165, 1.54) is 18.0 Å². The van der Waals surface area contributed by atoms with Gasteiger partial charge in [-0.3, -0.25) is 0 Å². The fourth-order valence-corrected chi connectivity index (χ4v) is 6.27. The van der Waals surface area contributed by atoms with Gasteiger partial charge in [0.15, 0.2) is 0 Å². The van der Waals surface area contributed by atoms with Gasteiger partial charge in [0, 0.05) is 18.8 Å². The number of nitrogens with zero attached hydrogens (tertiary/aromatic N) is 1. The van der Waals surface area contributed by atoms with E-state index in [2.05, 4.69) is 67.4 Å². The zero-order valence-corrected chi connectivity index (χ0v) is 18.4. The lowest BCUT2D eigenvalue weighted by Gasteiger charge is -2.28. The third-order valence-corrected chi connectivity index (χ3v) is 8.60. The number of likely N-dealkylation sites (tertiary alicyclic amines) is 1. The molecule has 5 heteroatoms. The summed E-state index contributed by atoms with van der Waals surface area (Å²) >= 11 is 7.30. The number of benzene rings is 1. The Kier molecular flexibility index (Phi) is 8.69. The Morgan fingerprint density at radius 1 is 1.28 bits per heavy atom. The number of hydrogen-bond donors (Lipinski definition) is 0. The highest BCUT2D eigenvalue weighted by Crippen LogP contribution is 2.17. The first-order chi connectivity index (χ1) is 12.0. The quantitative estimate of drug-likeness (QED) is 0.352. The normalized spacial score (nSPS) is 16.5. The zero-order chi connectivity index (χ0) is 18.1. The molecule has 0 saturated carbocycles. The molecule has 138 valence electrons. The van der Waals surface area contributed by atoms with Crippen molar-refractivity contribution in [2.75, 3.05) is 18.8 Å². The van der Waals surface area contributed by atoms with Crippen molar-refractivity contribution < 1.29 is 4.43 Å². The Morgan fingerprint density at radius 3 is 2.60 bits per heavy atom. The Labute approximate surface area is 164 Å².